The maximum Gasteiger partial charge on any atom is 0.118 e. The maximum absolute atomic E-state index is 5.79. The van der Waals surface area contributed by atoms with Crippen LogP contribution in [0, 0.1) is 0 Å². The Hall–Kier alpha value is -1.80. The summed E-state index contributed by atoms with van der Waals surface area (Å²) in [6, 6.07) is 17.5. The summed E-state index contributed by atoms with van der Waals surface area (Å²) in [7, 11) is 1.72. The Morgan fingerprint density at radius 3 is 2.48 bits per heavy atom. The standard InChI is InChI=1S/C21H27NO/c1-23-20-11-9-16(10-12-20)18-6-4-7-19(15-18)21-8-3-2-5-17(21)13-14-22/h2-3,5,8-12,18-19H,4,6-7,13-15,22H2,1H3. The van der Waals surface area contributed by atoms with Gasteiger partial charge in [-0.25, -0.2) is 0 Å². The molecule has 2 heteroatoms. The van der Waals surface area contributed by atoms with Gasteiger partial charge in [-0.3, -0.25) is 0 Å². The molecule has 122 valence electrons. The van der Waals surface area contributed by atoms with Gasteiger partial charge in [-0.1, -0.05) is 42.8 Å². The molecule has 0 saturated heterocycles. The highest BCUT2D eigenvalue weighted by Crippen LogP contribution is 2.42. The van der Waals surface area contributed by atoms with Crippen molar-refractivity contribution in [1.29, 1.82) is 0 Å². The van der Waals surface area contributed by atoms with Gasteiger partial charge in [-0.05, 0) is 72.9 Å². The van der Waals surface area contributed by atoms with Crippen LogP contribution < -0.4 is 10.5 Å². The molecule has 0 amide bonds. The molecule has 23 heavy (non-hydrogen) atoms. The van der Waals surface area contributed by atoms with Crippen LogP contribution in [0.2, 0.25) is 0 Å². The fraction of sp³-hybridized carbons (Fsp3) is 0.429. The van der Waals surface area contributed by atoms with Crippen molar-refractivity contribution in [3.05, 3.63) is 65.2 Å². The molecule has 0 radical (unpaired) electrons. The average Bonchev–Trinajstić information content (AvgIpc) is 2.63. The van der Waals surface area contributed by atoms with E-state index in [1.807, 2.05) is 0 Å². The lowest BCUT2D eigenvalue weighted by atomic mass is 9.74. The van der Waals surface area contributed by atoms with Crippen LogP contribution in [-0.4, -0.2) is 13.7 Å². The third-order valence-corrected chi connectivity index (χ3v) is 5.17. The van der Waals surface area contributed by atoms with Crippen LogP contribution in [-0.2, 0) is 6.42 Å². The fourth-order valence-corrected chi connectivity index (χ4v) is 3.97. The Balaban J connectivity index is 1.77. The van der Waals surface area contributed by atoms with E-state index >= 15 is 0 Å². The maximum atomic E-state index is 5.79. The summed E-state index contributed by atoms with van der Waals surface area (Å²) in [5.74, 6) is 2.26. The average molecular weight is 309 g/mol. The zero-order valence-corrected chi connectivity index (χ0v) is 14.0. The number of methoxy groups -OCH3 is 1. The third-order valence-electron chi connectivity index (χ3n) is 5.17. The van der Waals surface area contributed by atoms with E-state index in [4.69, 9.17) is 10.5 Å². The molecule has 2 N–H and O–H groups in total. The van der Waals surface area contributed by atoms with E-state index in [0.29, 0.717) is 11.8 Å². The van der Waals surface area contributed by atoms with E-state index in [1.54, 1.807) is 7.11 Å². The molecule has 0 spiro atoms. The molecule has 1 saturated carbocycles. The van der Waals surface area contributed by atoms with Crippen molar-refractivity contribution < 1.29 is 4.74 Å². The summed E-state index contributed by atoms with van der Waals surface area (Å²) >= 11 is 0. The van der Waals surface area contributed by atoms with Crippen LogP contribution in [0.1, 0.15) is 54.2 Å². The molecular weight excluding hydrogens is 282 g/mol. The molecule has 1 aliphatic rings. The van der Waals surface area contributed by atoms with E-state index in [-0.39, 0.29) is 0 Å². The number of rotatable bonds is 5. The Labute approximate surface area is 139 Å². The lowest BCUT2D eigenvalue weighted by Crippen LogP contribution is -2.15. The second-order valence-corrected chi connectivity index (χ2v) is 6.57. The van der Waals surface area contributed by atoms with Crippen molar-refractivity contribution in [3.63, 3.8) is 0 Å². The molecule has 2 aromatic rings. The van der Waals surface area contributed by atoms with Crippen molar-refractivity contribution in [1.82, 2.24) is 0 Å². The number of ether oxygens (including phenoxy) is 1. The van der Waals surface area contributed by atoms with Crippen molar-refractivity contribution in [2.45, 2.75) is 43.9 Å². The van der Waals surface area contributed by atoms with Gasteiger partial charge in [0.2, 0.25) is 0 Å². The zero-order valence-electron chi connectivity index (χ0n) is 14.0. The van der Waals surface area contributed by atoms with Gasteiger partial charge in [0.25, 0.3) is 0 Å². The molecule has 2 aromatic carbocycles. The van der Waals surface area contributed by atoms with Crippen molar-refractivity contribution in [2.24, 2.45) is 5.73 Å². The second-order valence-electron chi connectivity index (χ2n) is 6.57. The SMILES string of the molecule is COc1ccc(C2CCCC(c3ccccc3CCN)C2)cc1. The first-order valence-corrected chi connectivity index (χ1v) is 8.73. The van der Waals surface area contributed by atoms with E-state index < -0.39 is 0 Å². The first kappa shape index (κ1) is 16.1. The van der Waals surface area contributed by atoms with Gasteiger partial charge in [0.05, 0.1) is 7.11 Å². The van der Waals surface area contributed by atoms with Gasteiger partial charge in [-0.15, -0.1) is 0 Å². The quantitative estimate of drug-likeness (QED) is 0.873. The molecule has 2 nitrogen and oxygen atoms in total. The van der Waals surface area contributed by atoms with Gasteiger partial charge in [0.1, 0.15) is 5.75 Å². The molecule has 2 atom stereocenters. The summed E-state index contributed by atoms with van der Waals surface area (Å²) in [4.78, 5) is 0. The second kappa shape index (κ2) is 7.65. The van der Waals surface area contributed by atoms with Crippen molar-refractivity contribution in [3.8, 4) is 5.75 Å². The highest BCUT2D eigenvalue weighted by atomic mass is 16.5. The molecule has 0 aromatic heterocycles. The smallest absolute Gasteiger partial charge is 0.118 e. The van der Waals surface area contributed by atoms with Crippen LogP contribution in [0.5, 0.6) is 5.75 Å². The summed E-state index contributed by atoms with van der Waals surface area (Å²) in [6.45, 7) is 0.728. The summed E-state index contributed by atoms with van der Waals surface area (Å²) < 4.78 is 5.28. The first-order chi connectivity index (χ1) is 11.3. The van der Waals surface area contributed by atoms with Crippen LogP contribution in [0.25, 0.3) is 0 Å². The lowest BCUT2D eigenvalue weighted by Gasteiger charge is -2.31. The molecule has 0 heterocycles. The van der Waals surface area contributed by atoms with Gasteiger partial charge < -0.3 is 10.5 Å². The highest BCUT2D eigenvalue weighted by molar-refractivity contribution is 5.34. The number of nitrogens with two attached hydrogens (primary N) is 1. The predicted octanol–water partition coefficient (Wildman–Crippen LogP) is 4.64. The number of hydrogen-bond donors (Lipinski definition) is 1. The first-order valence-electron chi connectivity index (χ1n) is 8.73. The van der Waals surface area contributed by atoms with Crippen molar-refractivity contribution >= 4 is 0 Å². The largest absolute Gasteiger partial charge is 0.497 e. The summed E-state index contributed by atoms with van der Waals surface area (Å²) in [5, 5.41) is 0. The Morgan fingerprint density at radius 2 is 1.74 bits per heavy atom. The highest BCUT2D eigenvalue weighted by Gasteiger charge is 2.25. The number of benzene rings is 2. The van der Waals surface area contributed by atoms with Crippen LogP contribution >= 0.6 is 0 Å². The molecule has 2 unspecified atom stereocenters. The summed E-state index contributed by atoms with van der Waals surface area (Å²) in [6.07, 6.45) is 6.13. The van der Waals surface area contributed by atoms with Crippen molar-refractivity contribution in [2.75, 3.05) is 13.7 Å². The van der Waals surface area contributed by atoms with E-state index in [2.05, 4.69) is 48.5 Å². The van der Waals surface area contributed by atoms with E-state index in [1.165, 1.54) is 42.4 Å². The monoisotopic (exact) mass is 309 g/mol. The molecule has 1 aliphatic carbocycles. The minimum Gasteiger partial charge on any atom is -0.497 e. The van der Waals surface area contributed by atoms with E-state index in [9.17, 15) is 0 Å². The minimum atomic E-state index is 0.658. The topological polar surface area (TPSA) is 35.2 Å². The third kappa shape index (κ3) is 3.76. The van der Waals surface area contributed by atoms with Gasteiger partial charge in [0.15, 0.2) is 0 Å². The lowest BCUT2D eigenvalue weighted by molar-refractivity contribution is 0.391. The summed E-state index contributed by atoms with van der Waals surface area (Å²) in [5.41, 5.74) is 10.2. The van der Waals surface area contributed by atoms with Crippen LogP contribution in [0.4, 0.5) is 0 Å². The predicted molar refractivity (Wildman–Crippen MR) is 96.1 cm³/mol. The molecule has 3 rings (SSSR count). The molecular formula is C21H27NO. The fourth-order valence-electron chi connectivity index (χ4n) is 3.97. The zero-order chi connectivity index (χ0) is 16.1. The Morgan fingerprint density at radius 1 is 1.00 bits per heavy atom. The van der Waals surface area contributed by atoms with Gasteiger partial charge in [-0.2, -0.15) is 0 Å². The molecule has 0 bridgehead atoms. The number of hydrogen-bond acceptors (Lipinski definition) is 2. The minimum absolute atomic E-state index is 0.658. The van der Waals surface area contributed by atoms with Gasteiger partial charge in [0, 0.05) is 0 Å². The molecule has 0 aliphatic heterocycles. The van der Waals surface area contributed by atoms with E-state index in [0.717, 1.165) is 18.7 Å². The van der Waals surface area contributed by atoms with Crippen LogP contribution in [0.3, 0.4) is 0 Å². The Kier molecular flexibility index (Phi) is 5.35. The van der Waals surface area contributed by atoms with Gasteiger partial charge >= 0.3 is 0 Å². The van der Waals surface area contributed by atoms with Crippen LogP contribution in [0.15, 0.2) is 48.5 Å². The molecule has 1 fully saturated rings. The Bertz CT molecular complexity index is 620. The normalized spacial score (nSPS) is 21.1.